The van der Waals surface area contributed by atoms with Crippen LogP contribution in [0.4, 0.5) is 0 Å². The lowest BCUT2D eigenvalue weighted by Gasteiger charge is -2.13. The van der Waals surface area contributed by atoms with Crippen molar-refractivity contribution in [3.05, 3.63) is 29.6 Å². The van der Waals surface area contributed by atoms with Crippen molar-refractivity contribution >= 4 is 5.91 Å². The number of carbonyl (C=O) groups is 1. The molecule has 1 aromatic rings. The Kier molecular flexibility index (Phi) is 3.59. The van der Waals surface area contributed by atoms with E-state index in [9.17, 15) is 4.79 Å². The molecule has 4 nitrogen and oxygen atoms in total. The summed E-state index contributed by atoms with van der Waals surface area (Å²) in [4.78, 5) is 17.1. The molecule has 14 heavy (non-hydrogen) atoms. The van der Waals surface area contributed by atoms with Gasteiger partial charge in [-0.2, -0.15) is 0 Å². The Bertz CT molecular complexity index is 308. The maximum Gasteiger partial charge on any atom is 0.255 e. The Morgan fingerprint density at radius 3 is 2.71 bits per heavy atom. The number of amides is 1. The minimum atomic E-state index is -0.0991. The summed E-state index contributed by atoms with van der Waals surface area (Å²) in [5.41, 5.74) is 1.12. The van der Waals surface area contributed by atoms with Gasteiger partial charge in [-0.25, -0.2) is 0 Å². The van der Waals surface area contributed by atoms with E-state index >= 15 is 0 Å². The highest BCUT2D eigenvalue weighted by molar-refractivity contribution is 5.93. The molecule has 1 heterocycles. The molecule has 0 saturated carbocycles. The van der Waals surface area contributed by atoms with Gasteiger partial charge < -0.3 is 10.0 Å². The van der Waals surface area contributed by atoms with Gasteiger partial charge in [-0.05, 0) is 19.1 Å². The normalized spacial score (nSPS) is 9.93. The molecule has 0 saturated heterocycles. The molecule has 0 unspecified atom stereocenters. The summed E-state index contributed by atoms with van der Waals surface area (Å²) in [5, 5.41) is 8.76. The van der Waals surface area contributed by atoms with E-state index in [0.717, 1.165) is 0 Å². The van der Waals surface area contributed by atoms with Crippen LogP contribution in [0, 0.1) is 0 Å². The maximum absolute atomic E-state index is 11.6. The average molecular weight is 194 g/mol. The van der Waals surface area contributed by atoms with Gasteiger partial charge in [0.25, 0.3) is 5.91 Å². The number of pyridine rings is 1. The minimum Gasteiger partial charge on any atom is -0.390 e. The Morgan fingerprint density at radius 2 is 2.29 bits per heavy atom. The fourth-order valence-corrected chi connectivity index (χ4v) is 1.01. The van der Waals surface area contributed by atoms with Crippen molar-refractivity contribution in [2.75, 3.05) is 13.6 Å². The highest BCUT2D eigenvalue weighted by Gasteiger charge is 2.09. The number of nitrogens with zero attached hydrogens (tertiary/aromatic N) is 2. The molecule has 1 N–H and O–H groups in total. The maximum atomic E-state index is 11.6. The van der Waals surface area contributed by atoms with Gasteiger partial charge in [0, 0.05) is 19.8 Å². The Morgan fingerprint density at radius 1 is 1.57 bits per heavy atom. The zero-order valence-corrected chi connectivity index (χ0v) is 8.40. The lowest BCUT2D eigenvalue weighted by Crippen LogP contribution is -2.26. The van der Waals surface area contributed by atoms with Crippen LogP contribution in [-0.2, 0) is 6.61 Å². The monoisotopic (exact) mass is 194 g/mol. The number of carbonyl (C=O) groups excluding carboxylic acids is 1. The first-order valence-electron chi connectivity index (χ1n) is 4.50. The first-order valence-corrected chi connectivity index (χ1v) is 4.50. The van der Waals surface area contributed by atoms with E-state index in [2.05, 4.69) is 4.98 Å². The standard InChI is InChI=1S/C10H14N2O2/c1-3-12(2)10(14)8-4-5-9(7-13)11-6-8/h4-6,13H,3,7H2,1-2H3. The van der Waals surface area contributed by atoms with E-state index in [4.69, 9.17) is 5.11 Å². The second-order valence-corrected chi connectivity index (χ2v) is 3.02. The summed E-state index contributed by atoms with van der Waals surface area (Å²) in [7, 11) is 1.74. The average Bonchev–Trinajstić information content (AvgIpc) is 2.27. The molecular weight excluding hydrogens is 180 g/mol. The number of hydrogen-bond donors (Lipinski definition) is 1. The number of hydrogen-bond acceptors (Lipinski definition) is 3. The lowest BCUT2D eigenvalue weighted by atomic mass is 10.2. The summed E-state index contributed by atoms with van der Waals surface area (Å²) < 4.78 is 0. The largest absolute Gasteiger partial charge is 0.390 e. The van der Waals surface area contributed by atoms with Crippen LogP contribution in [0.25, 0.3) is 0 Å². The van der Waals surface area contributed by atoms with E-state index in [1.807, 2.05) is 6.92 Å². The summed E-state index contributed by atoms with van der Waals surface area (Å²) in [6.07, 6.45) is 1.49. The predicted molar refractivity (Wildman–Crippen MR) is 52.8 cm³/mol. The number of aliphatic hydroxyl groups is 1. The fourth-order valence-electron chi connectivity index (χ4n) is 1.01. The third-order valence-corrected chi connectivity index (χ3v) is 2.05. The molecule has 1 aromatic heterocycles. The van der Waals surface area contributed by atoms with Crippen LogP contribution >= 0.6 is 0 Å². The van der Waals surface area contributed by atoms with Gasteiger partial charge in [0.15, 0.2) is 0 Å². The van der Waals surface area contributed by atoms with Crippen molar-refractivity contribution in [1.82, 2.24) is 9.88 Å². The zero-order valence-electron chi connectivity index (χ0n) is 8.40. The van der Waals surface area contributed by atoms with Gasteiger partial charge in [0.2, 0.25) is 0 Å². The van der Waals surface area contributed by atoms with Gasteiger partial charge in [0.05, 0.1) is 17.9 Å². The molecule has 4 heteroatoms. The van der Waals surface area contributed by atoms with Crippen molar-refractivity contribution < 1.29 is 9.90 Å². The molecule has 0 spiro atoms. The summed E-state index contributed by atoms with van der Waals surface area (Å²) in [6, 6.07) is 3.32. The SMILES string of the molecule is CCN(C)C(=O)c1ccc(CO)nc1. The molecule has 0 bridgehead atoms. The van der Waals surface area contributed by atoms with E-state index in [1.54, 1.807) is 24.1 Å². The lowest BCUT2D eigenvalue weighted by molar-refractivity contribution is 0.0802. The van der Waals surface area contributed by atoms with E-state index in [1.165, 1.54) is 6.20 Å². The highest BCUT2D eigenvalue weighted by Crippen LogP contribution is 2.03. The molecule has 1 amide bonds. The van der Waals surface area contributed by atoms with Crippen molar-refractivity contribution in [3.63, 3.8) is 0 Å². The van der Waals surface area contributed by atoms with E-state index < -0.39 is 0 Å². The Balaban J connectivity index is 2.81. The quantitative estimate of drug-likeness (QED) is 0.769. The Labute approximate surface area is 83.2 Å². The van der Waals surface area contributed by atoms with Crippen molar-refractivity contribution in [3.8, 4) is 0 Å². The van der Waals surface area contributed by atoms with Crippen LogP contribution in [0.5, 0.6) is 0 Å². The molecule has 1 rings (SSSR count). The second-order valence-electron chi connectivity index (χ2n) is 3.02. The van der Waals surface area contributed by atoms with Crippen molar-refractivity contribution in [2.45, 2.75) is 13.5 Å². The fraction of sp³-hybridized carbons (Fsp3) is 0.400. The number of aliphatic hydroxyl groups excluding tert-OH is 1. The van der Waals surface area contributed by atoms with Crippen LogP contribution in [0.15, 0.2) is 18.3 Å². The van der Waals surface area contributed by atoms with Crippen molar-refractivity contribution in [2.24, 2.45) is 0 Å². The van der Waals surface area contributed by atoms with Gasteiger partial charge in [-0.1, -0.05) is 0 Å². The number of aromatic nitrogens is 1. The summed E-state index contributed by atoms with van der Waals surface area (Å²) in [6.45, 7) is 2.48. The molecule has 0 aliphatic carbocycles. The highest BCUT2D eigenvalue weighted by atomic mass is 16.3. The Hall–Kier alpha value is -1.42. The molecular formula is C10H14N2O2. The molecule has 0 aliphatic heterocycles. The number of rotatable bonds is 3. The summed E-state index contributed by atoms with van der Waals surface area (Å²) >= 11 is 0. The smallest absolute Gasteiger partial charge is 0.255 e. The molecule has 0 aliphatic rings. The van der Waals surface area contributed by atoms with E-state index in [-0.39, 0.29) is 12.5 Å². The van der Waals surface area contributed by atoms with Crippen molar-refractivity contribution in [1.29, 1.82) is 0 Å². The van der Waals surface area contributed by atoms with Gasteiger partial charge in [-0.3, -0.25) is 9.78 Å². The van der Waals surface area contributed by atoms with Gasteiger partial charge >= 0.3 is 0 Å². The van der Waals surface area contributed by atoms with Gasteiger partial charge in [-0.15, -0.1) is 0 Å². The molecule has 0 fully saturated rings. The molecule has 0 radical (unpaired) electrons. The van der Waals surface area contributed by atoms with Crippen LogP contribution in [-0.4, -0.2) is 34.5 Å². The van der Waals surface area contributed by atoms with E-state index in [0.29, 0.717) is 17.8 Å². The minimum absolute atomic E-state index is 0.0514. The molecule has 0 atom stereocenters. The van der Waals surface area contributed by atoms with Crippen LogP contribution in [0.1, 0.15) is 23.0 Å². The van der Waals surface area contributed by atoms with Crippen LogP contribution < -0.4 is 0 Å². The van der Waals surface area contributed by atoms with Gasteiger partial charge in [0.1, 0.15) is 0 Å². The predicted octanol–water partition coefficient (Wildman–Crippen LogP) is 0.666. The van der Waals surface area contributed by atoms with Crippen LogP contribution in [0.3, 0.4) is 0 Å². The van der Waals surface area contributed by atoms with Crippen LogP contribution in [0.2, 0.25) is 0 Å². The third-order valence-electron chi connectivity index (χ3n) is 2.05. The molecule has 0 aromatic carbocycles. The second kappa shape index (κ2) is 4.72. The summed E-state index contributed by atoms with van der Waals surface area (Å²) in [5.74, 6) is -0.0514. The zero-order chi connectivity index (χ0) is 10.6. The topological polar surface area (TPSA) is 53.4 Å². The first-order chi connectivity index (χ1) is 6.69. The molecule has 76 valence electrons. The third kappa shape index (κ3) is 2.29. The first kappa shape index (κ1) is 10.7.